The minimum Gasteiger partial charge on any atom is -0.348 e. The highest BCUT2D eigenvalue weighted by Crippen LogP contribution is 2.28. The Hall–Kier alpha value is -1.29. The highest BCUT2D eigenvalue weighted by Gasteiger charge is 2.29. The average molecular weight is 235 g/mol. The Morgan fingerprint density at radius 3 is 2.88 bits per heavy atom. The third-order valence-electron chi connectivity index (χ3n) is 3.32. The van der Waals surface area contributed by atoms with Crippen molar-refractivity contribution in [1.29, 1.82) is 0 Å². The van der Waals surface area contributed by atoms with Gasteiger partial charge in [0.05, 0.1) is 12.6 Å². The second-order valence-corrected chi connectivity index (χ2v) is 4.88. The lowest BCUT2D eigenvalue weighted by molar-refractivity contribution is -0.135. The quantitative estimate of drug-likeness (QED) is 0.791. The van der Waals surface area contributed by atoms with Crippen LogP contribution in [0.25, 0.3) is 0 Å². The van der Waals surface area contributed by atoms with Gasteiger partial charge in [-0.25, -0.2) is 0 Å². The van der Waals surface area contributed by atoms with Gasteiger partial charge in [0.2, 0.25) is 5.91 Å². The van der Waals surface area contributed by atoms with E-state index < -0.39 is 0 Å². The zero-order valence-corrected chi connectivity index (χ0v) is 10.9. The van der Waals surface area contributed by atoms with Gasteiger partial charge in [0.25, 0.3) is 0 Å². The Morgan fingerprint density at radius 2 is 2.24 bits per heavy atom. The Balaban J connectivity index is 2.17. The highest BCUT2D eigenvalue weighted by molar-refractivity contribution is 5.78. The summed E-state index contributed by atoms with van der Waals surface area (Å²) in [5, 5.41) is 0. The van der Waals surface area contributed by atoms with E-state index in [-0.39, 0.29) is 11.9 Å². The third-order valence-corrected chi connectivity index (χ3v) is 3.32. The van der Waals surface area contributed by atoms with Crippen molar-refractivity contribution in [3.05, 3.63) is 24.0 Å². The van der Waals surface area contributed by atoms with E-state index in [1.165, 1.54) is 5.69 Å². The molecule has 1 aliphatic rings. The van der Waals surface area contributed by atoms with Crippen LogP contribution in [0, 0.1) is 0 Å². The van der Waals surface area contributed by atoms with Gasteiger partial charge in [-0.3, -0.25) is 4.79 Å². The van der Waals surface area contributed by atoms with Crippen LogP contribution in [0.4, 0.5) is 0 Å². The number of hydrogen-bond donors (Lipinski definition) is 0. The van der Waals surface area contributed by atoms with Crippen LogP contribution < -0.4 is 0 Å². The number of likely N-dealkylation sites (N-methyl/N-ethyl adjacent to an activating group) is 1. The van der Waals surface area contributed by atoms with Gasteiger partial charge in [0.15, 0.2) is 0 Å². The lowest BCUT2D eigenvalue weighted by atomic mass is 10.1. The molecule has 1 aromatic rings. The van der Waals surface area contributed by atoms with Crippen LogP contribution >= 0.6 is 0 Å². The summed E-state index contributed by atoms with van der Waals surface area (Å²) in [6.45, 7) is 4.38. The molecule has 0 bridgehead atoms. The first-order chi connectivity index (χ1) is 8.13. The average Bonchev–Trinajstić information content (AvgIpc) is 2.74. The van der Waals surface area contributed by atoms with E-state index >= 15 is 0 Å². The fraction of sp³-hybridized carbons (Fsp3) is 0.615. The fourth-order valence-corrected chi connectivity index (χ4v) is 2.55. The Bertz CT molecular complexity index is 397. The molecular formula is C13H21N3O. The fourth-order valence-electron chi connectivity index (χ4n) is 2.55. The summed E-state index contributed by atoms with van der Waals surface area (Å²) < 4.78 is 2.26. The molecule has 2 rings (SSSR count). The smallest absolute Gasteiger partial charge is 0.237 e. The van der Waals surface area contributed by atoms with Crippen LogP contribution in [-0.4, -0.2) is 47.5 Å². The van der Waals surface area contributed by atoms with E-state index in [0.717, 1.165) is 19.5 Å². The first-order valence-corrected chi connectivity index (χ1v) is 6.22. The summed E-state index contributed by atoms with van der Waals surface area (Å²) in [5.74, 6) is 0.231. The molecule has 0 N–H and O–H groups in total. The van der Waals surface area contributed by atoms with E-state index in [2.05, 4.69) is 29.8 Å². The second-order valence-electron chi connectivity index (χ2n) is 4.88. The molecule has 0 radical (unpaired) electrons. The van der Waals surface area contributed by atoms with Crippen LogP contribution in [0.5, 0.6) is 0 Å². The van der Waals surface area contributed by atoms with E-state index in [1.807, 2.05) is 23.9 Å². The van der Waals surface area contributed by atoms with Crippen molar-refractivity contribution in [2.45, 2.75) is 25.9 Å². The SMILES string of the molecule is CCC1c2cccn2CCN1C(=O)CN(C)C. The van der Waals surface area contributed by atoms with E-state index in [4.69, 9.17) is 0 Å². The van der Waals surface area contributed by atoms with Gasteiger partial charge in [0.1, 0.15) is 0 Å². The van der Waals surface area contributed by atoms with Crippen LogP contribution in [0.2, 0.25) is 0 Å². The summed E-state index contributed by atoms with van der Waals surface area (Å²) >= 11 is 0. The molecule has 0 fully saturated rings. The molecule has 0 saturated heterocycles. The normalized spacial score (nSPS) is 19.5. The molecule has 17 heavy (non-hydrogen) atoms. The van der Waals surface area contributed by atoms with Gasteiger partial charge in [-0.1, -0.05) is 6.92 Å². The highest BCUT2D eigenvalue weighted by atomic mass is 16.2. The minimum absolute atomic E-state index is 0.231. The maximum Gasteiger partial charge on any atom is 0.237 e. The molecule has 1 atom stereocenters. The Kier molecular flexibility index (Phi) is 3.52. The molecule has 0 saturated carbocycles. The number of carbonyl (C=O) groups excluding carboxylic acids is 1. The van der Waals surface area contributed by atoms with Crippen LogP contribution in [-0.2, 0) is 11.3 Å². The minimum atomic E-state index is 0.231. The summed E-state index contributed by atoms with van der Waals surface area (Å²) in [5.41, 5.74) is 1.27. The monoisotopic (exact) mass is 235 g/mol. The predicted octanol–water partition coefficient (Wildman–Crippen LogP) is 1.34. The lowest BCUT2D eigenvalue weighted by Crippen LogP contribution is -2.45. The molecule has 0 aliphatic carbocycles. The lowest BCUT2D eigenvalue weighted by Gasteiger charge is -2.37. The molecule has 1 unspecified atom stereocenters. The Morgan fingerprint density at radius 1 is 1.47 bits per heavy atom. The summed E-state index contributed by atoms with van der Waals surface area (Å²) in [6.07, 6.45) is 3.08. The zero-order valence-electron chi connectivity index (χ0n) is 10.9. The molecule has 4 heteroatoms. The summed E-state index contributed by atoms with van der Waals surface area (Å²) in [4.78, 5) is 16.1. The van der Waals surface area contributed by atoms with E-state index in [0.29, 0.717) is 6.54 Å². The molecule has 1 aromatic heterocycles. The van der Waals surface area contributed by atoms with Crippen molar-refractivity contribution in [3.8, 4) is 0 Å². The van der Waals surface area contributed by atoms with Crippen LogP contribution in [0.3, 0.4) is 0 Å². The molecule has 1 amide bonds. The molecular weight excluding hydrogens is 214 g/mol. The number of aromatic nitrogens is 1. The van der Waals surface area contributed by atoms with Gasteiger partial charge < -0.3 is 14.4 Å². The largest absolute Gasteiger partial charge is 0.348 e. The zero-order chi connectivity index (χ0) is 12.4. The van der Waals surface area contributed by atoms with Gasteiger partial charge >= 0.3 is 0 Å². The number of hydrogen-bond acceptors (Lipinski definition) is 2. The second kappa shape index (κ2) is 4.92. The molecule has 94 valence electrons. The van der Waals surface area contributed by atoms with Crippen molar-refractivity contribution >= 4 is 5.91 Å². The van der Waals surface area contributed by atoms with Gasteiger partial charge in [-0.05, 0) is 32.6 Å². The number of fused-ring (bicyclic) bond motifs is 1. The number of rotatable bonds is 3. The number of amides is 1. The number of nitrogens with zero attached hydrogens (tertiary/aromatic N) is 3. The van der Waals surface area contributed by atoms with Gasteiger partial charge in [-0.2, -0.15) is 0 Å². The van der Waals surface area contributed by atoms with Crippen molar-refractivity contribution < 1.29 is 4.79 Å². The van der Waals surface area contributed by atoms with Crippen LogP contribution in [0.15, 0.2) is 18.3 Å². The van der Waals surface area contributed by atoms with Gasteiger partial charge in [-0.15, -0.1) is 0 Å². The first kappa shape index (κ1) is 12.2. The predicted molar refractivity (Wildman–Crippen MR) is 67.7 cm³/mol. The van der Waals surface area contributed by atoms with Crippen molar-refractivity contribution in [3.63, 3.8) is 0 Å². The molecule has 0 spiro atoms. The molecule has 2 heterocycles. The molecule has 0 aromatic carbocycles. The van der Waals surface area contributed by atoms with Crippen molar-refractivity contribution in [2.75, 3.05) is 27.2 Å². The van der Waals surface area contributed by atoms with E-state index in [9.17, 15) is 4.79 Å². The van der Waals surface area contributed by atoms with Crippen LogP contribution in [0.1, 0.15) is 25.1 Å². The maximum atomic E-state index is 12.2. The molecule has 1 aliphatic heterocycles. The van der Waals surface area contributed by atoms with E-state index in [1.54, 1.807) is 0 Å². The summed E-state index contributed by atoms with van der Waals surface area (Å²) in [6, 6.07) is 4.44. The van der Waals surface area contributed by atoms with Gasteiger partial charge in [0, 0.05) is 25.0 Å². The van der Waals surface area contributed by atoms with Crippen molar-refractivity contribution in [2.24, 2.45) is 0 Å². The van der Waals surface area contributed by atoms with Crippen molar-refractivity contribution in [1.82, 2.24) is 14.4 Å². The molecule has 4 nitrogen and oxygen atoms in total. The first-order valence-electron chi connectivity index (χ1n) is 6.22. The standard InChI is InChI=1S/C13H21N3O/c1-4-11-12-6-5-7-15(12)8-9-16(11)13(17)10-14(2)3/h5-7,11H,4,8-10H2,1-3H3. The number of carbonyl (C=O) groups is 1. The third kappa shape index (κ3) is 2.36. The summed E-state index contributed by atoms with van der Waals surface area (Å²) in [7, 11) is 3.87. The Labute approximate surface area is 103 Å². The maximum absolute atomic E-state index is 12.2. The topological polar surface area (TPSA) is 28.5 Å².